The van der Waals surface area contributed by atoms with Gasteiger partial charge in [-0.25, -0.2) is 0 Å². The number of nitrogens with one attached hydrogen (secondary N) is 2. The van der Waals surface area contributed by atoms with Gasteiger partial charge in [-0.3, -0.25) is 0 Å². The predicted molar refractivity (Wildman–Crippen MR) is 103 cm³/mol. The van der Waals surface area contributed by atoms with Crippen LogP contribution in [0.5, 0.6) is 11.5 Å². The first kappa shape index (κ1) is 18.8. The van der Waals surface area contributed by atoms with E-state index in [1.165, 1.54) is 0 Å². The average Bonchev–Trinajstić information content (AvgIpc) is 3.14. The van der Waals surface area contributed by atoms with E-state index >= 15 is 0 Å². The topological polar surface area (TPSA) is 85.0 Å². The van der Waals surface area contributed by atoms with Crippen LogP contribution in [0, 0.1) is 0 Å². The van der Waals surface area contributed by atoms with Crippen molar-refractivity contribution in [1.82, 2.24) is 20.6 Å². The Morgan fingerprint density at radius 1 is 1.19 bits per heavy atom. The summed E-state index contributed by atoms with van der Waals surface area (Å²) in [5.41, 5.74) is 1.66. The van der Waals surface area contributed by atoms with E-state index in [1.54, 1.807) is 25.3 Å². The van der Waals surface area contributed by atoms with Crippen LogP contribution in [0.2, 0.25) is 10.0 Å². The quantitative estimate of drug-likeness (QED) is 0.543. The van der Waals surface area contributed by atoms with Crippen LogP contribution in [-0.2, 0) is 13.2 Å². The highest BCUT2D eigenvalue weighted by Crippen LogP contribution is 2.35. The number of nitrogens with zero attached hydrogens (tertiary/aromatic N) is 3. The largest absolute Gasteiger partial charge is 0.493 e. The van der Waals surface area contributed by atoms with Gasteiger partial charge in [-0.05, 0) is 35.0 Å². The lowest BCUT2D eigenvalue weighted by Gasteiger charge is -2.15. The fourth-order valence-electron chi connectivity index (χ4n) is 2.22. The van der Waals surface area contributed by atoms with Gasteiger partial charge in [0.1, 0.15) is 6.61 Å². The van der Waals surface area contributed by atoms with Crippen LogP contribution in [0.3, 0.4) is 0 Å². The van der Waals surface area contributed by atoms with Crippen molar-refractivity contribution in [2.24, 2.45) is 0 Å². The molecular formula is C16H14BrCl2N5O2. The molecule has 10 heteroatoms. The summed E-state index contributed by atoms with van der Waals surface area (Å²) in [6.07, 6.45) is 0. The Hall–Kier alpha value is -2.03. The number of benzene rings is 2. The number of aromatic amines is 1. The van der Waals surface area contributed by atoms with Gasteiger partial charge in [-0.2, -0.15) is 5.21 Å². The lowest BCUT2D eigenvalue weighted by Crippen LogP contribution is -2.04. The molecule has 0 radical (unpaired) electrons. The maximum Gasteiger partial charge on any atom is 0.263 e. The van der Waals surface area contributed by atoms with Crippen LogP contribution in [0.15, 0.2) is 34.8 Å². The number of hydrogen-bond acceptors (Lipinski definition) is 6. The second-order valence-corrected chi connectivity index (χ2v) is 6.84. The maximum absolute atomic E-state index is 6.18. The molecule has 0 amide bonds. The normalized spacial score (nSPS) is 10.6. The molecule has 1 heterocycles. The van der Waals surface area contributed by atoms with Crippen molar-refractivity contribution in [3.8, 4) is 11.5 Å². The zero-order chi connectivity index (χ0) is 18.5. The standard InChI is InChI=1S/C16H14BrCl2N5O2/c1-25-14-5-9(7-20-16-21-23-24-22-16)11(17)6-15(14)26-8-10-12(18)3-2-4-13(10)19/h2-6H,7-8H2,1H3,(H2,20,21,22,23,24). The van der Waals surface area contributed by atoms with E-state index in [9.17, 15) is 0 Å². The molecule has 0 bridgehead atoms. The third-order valence-electron chi connectivity index (χ3n) is 3.55. The molecule has 0 saturated heterocycles. The first-order valence-electron chi connectivity index (χ1n) is 7.48. The number of rotatable bonds is 7. The number of anilines is 1. The van der Waals surface area contributed by atoms with Gasteiger partial charge < -0.3 is 14.8 Å². The summed E-state index contributed by atoms with van der Waals surface area (Å²) >= 11 is 15.9. The molecular weight excluding hydrogens is 445 g/mol. The van der Waals surface area contributed by atoms with Crippen molar-refractivity contribution in [2.45, 2.75) is 13.2 Å². The number of H-pyrrole nitrogens is 1. The lowest BCUT2D eigenvalue weighted by atomic mass is 10.2. The van der Waals surface area contributed by atoms with Gasteiger partial charge in [0, 0.05) is 26.6 Å². The SMILES string of the molecule is COc1cc(CNc2nn[nH]n2)c(Br)cc1OCc1c(Cl)cccc1Cl. The Morgan fingerprint density at radius 3 is 2.62 bits per heavy atom. The molecule has 0 fully saturated rings. The second-order valence-electron chi connectivity index (χ2n) is 5.17. The predicted octanol–water partition coefficient (Wildman–Crippen LogP) is 4.47. The zero-order valence-electron chi connectivity index (χ0n) is 13.6. The van der Waals surface area contributed by atoms with Crippen molar-refractivity contribution < 1.29 is 9.47 Å². The monoisotopic (exact) mass is 457 g/mol. The summed E-state index contributed by atoms with van der Waals surface area (Å²) in [5, 5.41) is 17.7. The number of aromatic nitrogens is 4. The molecule has 3 aromatic rings. The van der Waals surface area contributed by atoms with Crippen LogP contribution >= 0.6 is 39.1 Å². The number of hydrogen-bond donors (Lipinski definition) is 2. The summed E-state index contributed by atoms with van der Waals surface area (Å²) in [4.78, 5) is 0. The van der Waals surface area contributed by atoms with E-state index < -0.39 is 0 Å². The van der Waals surface area contributed by atoms with Crippen LogP contribution in [0.25, 0.3) is 0 Å². The summed E-state index contributed by atoms with van der Waals surface area (Å²) in [6.45, 7) is 0.703. The van der Waals surface area contributed by atoms with Crippen molar-refractivity contribution in [2.75, 3.05) is 12.4 Å². The van der Waals surface area contributed by atoms with Gasteiger partial charge in [0.05, 0.1) is 7.11 Å². The first-order chi connectivity index (χ1) is 12.6. The minimum Gasteiger partial charge on any atom is -0.493 e. The van der Waals surface area contributed by atoms with Crippen molar-refractivity contribution in [1.29, 1.82) is 0 Å². The van der Waals surface area contributed by atoms with E-state index in [2.05, 4.69) is 41.9 Å². The van der Waals surface area contributed by atoms with Gasteiger partial charge in [-0.1, -0.05) is 50.3 Å². The Balaban J connectivity index is 1.76. The molecule has 7 nitrogen and oxygen atoms in total. The average molecular weight is 459 g/mol. The molecule has 0 aliphatic heterocycles. The van der Waals surface area contributed by atoms with E-state index in [0.717, 1.165) is 15.6 Å². The van der Waals surface area contributed by atoms with Gasteiger partial charge in [-0.15, -0.1) is 5.10 Å². The lowest BCUT2D eigenvalue weighted by molar-refractivity contribution is 0.284. The van der Waals surface area contributed by atoms with Crippen LogP contribution in [0.1, 0.15) is 11.1 Å². The van der Waals surface area contributed by atoms with Crippen LogP contribution in [0.4, 0.5) is 5.95 Å². The molecule has 26 heavy (non-hydrogen) atoms. The number of halogens is 3. The molecule has 0 saturated carbocycles. The zero-order valence-corrected chi connectivity index (χ0v) is 16.7. The highest BCUT2D eigenvalue weighted by atomic mass is 79.9. The van der Waals surface area contributed by atoms with E-state index in [-0.39, 0.29) is 6.61 Å². The van der Waals surface area contributed by atoms with Gasteiger partial charge >= 0.3 is 0 Å². The van der Waals surface area contributed by atoms with E-state index in [4.69, 9.17) is 32.7 Å². The smallest absolute Gasteiger partial charge is 0.263 e. The summed E-state index contributed by atoms with van der Waals surface area (Å²) < 4.78 is 12.2. The number of ether oxygens (including phenoxy) is 2. The molecule has 3 rings (SSSR count). The molecule has 0 spiro atoms. The molecule has 136 valence electrons. The van der Waals surface area contributed by atoms with Gasteiger partial charge in [0.25, 0.3) is 5.95 Å². The highest BCUT2D eigenvalue weighted by Gasteiger charge is 2.13. The van der Waals surface area contributed by atoms with Crippen LogP contribution in [-0.4, -0.2) is 27.7 Å². The number of methoxy groups -OCH3 is 1. The first-order valence-corrected chi connectivity index (χ1v) is 9.02. The summed E-state index contributed by atoms with van der Waals surface area (Å²) in [5.74, 6) is 1.56. The van der Waals surface area contributed by atoms with Crippen LogP contribution < -0.4 is 14.8 Å². The Bertz CT molecular complexity index is 872. The Kier molecular flexibility index (Phi) is 6.18. The van der Waals surface area contributed by atoms with Crippen molar-refractivity contribution in [3.05, 3.63) is 56.0 Å². The van der Waals surface area contributed by atoms with Crippen molar-refractivity contribution >= 4 is 45.1 Å². The second kappa shape index (κ2) is 8.57. The molecule has 0 aliphatic carbocycles. The highest BCUT2D eigenvalue weighted by molar-refractivity contribution is 9.10. The Labute approximate surface area is 168 Å². The van der Waals surface area contributed by atoms with E-state index in [0.29, 0.717) is 34.0 Å². The minimum absolute atomic E-state index is 0.224. The number of tetrazole rings is 1. The minimum atomic E-state index is 0.224. The van der Waals surface area contributed by atoms with Gasteiger partial charge in [0.15, 0.2) is 11.5 Å². The molecule has 2 aromatic carbocycles. The van der Waals surface area contributed by atoms with Gasteiger partial charge in [0.2, 0.25) is 0 Å². The third-order valence-corrected chi connectivity index (χ3v) is 5.00. The molecule has 0 aliphatic rings. The fraction of sp³-hybridized carbons (Fsp3) is 0.188. The fourth-order valence-corrected chi connectivity index (χ4v) is 3.19. The maximum atomic E-state index is 6.18. The third kappa shape index (κ3) is 4.38. The summed E-state index contributed by atoms with van der Waals surface area (Å²) in [6, 6.07) is 9.02. The summed E-state index contributed by atoms with van der Waals surface area (Å²) in [7, 11) is 1.58. The molecule has 0 unspecified atom stereocenters. The van der Waals surface area contributed by atoms with E-state index in [1.807, 2.05) is 12.1 Å². The molecule has 0 atom stereocenters. The molecule has 2 N–H and O–H groups in total. The Morgan fingerprint density at radius 2 is 1.96 bits per heavy atom. The molecule has 1 aromatic heterocycles. The van der Waals surface area contributed by atoms with Crippen molar-refractivity contribution in [3.63, 3.8) is 0 Å².